The molecule has 0 aliphatic carbocycles. The highest BCUT2D eigenvalue weighted by molar-refractivity contribution is 4.74. The van der Waals surface area contributed by atoms with Crippen molar-refractivity contribution >= 4 is 0 Å². The lowest BCUT2D eigenvalue weighted by atomic mass is 10.6. The molecular weight excluding hydrogens is 184 g/mol. The molecular formula is C13H32N2. The van der Waals surface area contributed by atoms with Crippen molar-refractivity contribution in [1.82, 2.24) is 9.80 Å². The second kappa shape index (κ2) is 18.8. The van der Waals surface area contributed by atoms with E-state index in [0.717, 1.165) is 13.1 Å². The molecule has 0 bridgehead atoms. The lowest BCUT2D eigenvalue weighted by Gasteiger charge is -2.07. The maximum absolute atomic E-state index is 3.56. The highest BCUT2D eigenvalue weighted by atomic mass is 15.1. The van der Waals surface area contributed by atoms with Crippen molar-refractivity contribution in [2.24, 2.45) is 0 Å². The largest absolute Gasteiger partial charge is 0.381 e. The molecule has 0 aromatic heterocycles. The Morgan fingerprint density at radius 3 is 1.47 bits per heavy atom. The van der Waals surface area contributed by atoms with Crippen LogP contribution < -0.4 is 0 Å². The minimum absolute atomic E-state index is 0. The van der Waals surface area contributed by atoms with Gasteiger partial charge >= 0.3 is 0 Å². The maximum atomic E-state index is 3.56. The van der Waals surface area contributed by atoms with Crippen molar-refractivity contribution in [3.63, 3.8) is 0 Å². The van der Waals surface area contributed by atoms with Crippen molar-refractivity contribution in [1.29, 1.82) is 0 Å². The highest BCUT2D eigenvalue weighted by Crippen LogP contribution is 1.79. The first-order valence-corrected chi connectivity index (χ1v) is 4.78. The molecule has 0 aromatic rings. The molecule has 0 atom stereocenters. The van der Waals surface area contributed by atoms with E-state index in [1.54, 1.807) is 6.20 Å². The van der Waals surface area contributed by atoms with E-state index in [9.17, 15) is 0 Å². The molecule has 2 heteroatoms. The van der Waals surface area contributed by atoms with Gasteiger partial charge in [0.1, 0.15) is 0 Å². The van der Waals surface area contributed by atoms with E-state index in [1.165, 1.54) is 0 Å². The first kappa shape index (κ1) is 23.7. The van der Waals surface area contributed by atoms with E-state index in [4.69, 9.17) is 0 Å². The maximum Gasteiger partial charge on any atom is 0.0140 e. The normalized spacial score (nSPS) is 7.80. The first-order chi connectivity index (χ1) is 6.12. The Hall–Kier alpha value is -0.920. The number of hydrogen-bond donors (Lipinski definition) is 0. The summed E-state index contributed by atoms with van der Waals surface area (Å²) >= 11 is 0. The van der Waals surface area contributed by atoms with Gasteiger partial charge in [0, 0.05) is 27.2 Å². The molecule has 0 amide bonds. The van der Waals surface area contributed by atoms with Crippen LogP contribution in [0.3, 0.4) is 0 Å². The molecule has 0 heterocycles. The zero-order valence-electron chi connectivity index (χ0n) is 9.75. The van der Waals surface area contributed by atoms with Crippen LogP contribution in [0.5, 0.6) is 0 Å². The average molecular weight is 216 g/mol. The summed E-state index contributed by atoms with van der Waals surface area (Å²) in [6, 6.07) is 0. The van der Waals surface area contributed by atoms with E-state index < -0.39 is 0 Å². The number of hydrogen-bond acceptors (Lipinski definition) is 2. The minimum Gasteiger partial charge on any atom is -0.381 e. The number of rotatable bonds is 4. The Morgan fingerprint density at radius 2 is 1.40 bits per heavy atom. The molecule has 0 aromatic carbocycles. The average Bonchev–Trinajstić information content (AvgIpc) is 2.18. The van der Waals surface area contributed by atoms with Crippen LogP contribution in [-0.2, 0) is 0 Å². The Kier molecular flexibility index (Phi) is 29.7. The second-order valence-electron chi connectivity index (χ2n) is 2.81. The fourth-order valence-corrected chi connectivity index (χ4v) is 0.489. The molecule has 94 valence electrons. The van der Waals surface area contributed by atoms with Gasteiger partial charge in [0.15, 0.2) is 0 Å². The van der Waals surface area contributed by atoms with Crippen molar-refractivity contribution in [3.05, 3.63) is 25.1 Å². The molecule has 0 saturated heterocycles. The molecule has 0 N–H and O–H groups in total. The fourth-order valence-electron chi connectivity index (χ4n) is 0.489. The van der Waals surface area contributed by atoms with Crippen molar-refractivity contribution in [2.75, 3.05) is 27.2 Å². The molecule has 0 spiro atoms. The molecule has 0 unspecified atom stereocenters. The smallest absolute Gasteiger partial charge is 0.0140 e. The van der Waals surface area contributed by atoms with Crippen LogP contribution in [0.2, 0.25) is 0 Å². The predicted molar refractivity (Wildman–Crippen MR) is 75.1 cm³/mol. The van der Waals surface area contributed by atoms with Crippen LogP contribution in [0.4, 0.5) is 0 Å². The van der Waals surface area contributed by atoms with Crippen LogP contribution in [0.15, 0.2) is 25.1 Å². The standard InChI is InChI=1S/C6H13N.C5H11N.2CH4/c1-4-6-7(3)5-2;1-4-6(3)5-2;;/h4,6H,5H2,1-3H3;4H,1,5H2,2-3H3;2*1H4. The van der Waals surface area contributed by atoms with Crippen LogP contribution in [0.25, 0.3) is 0 Å². The fraction of sp³-hybridized carbons (Fsp3) is 0.692. The van der Waals surface area contributed by atoms with Gasteiger partial charge in [0.05, 0.1) is 0 Å². The van der Waals surface area contributed by atoms with Gasteiger partial charge in [-0.3, -0.25) is 0 Å². The van der Waals surface area contributed by atoms with E-state index in [2.05, 4.69) is 38.6 Å². The van der Waals surface area contributed by atoms with Gasteiger partial charge in [-0.1, -0.05) is 27.5 Å². The SMILES string of the molecule is C.C.C=CN(C)CC.CC=CN(C)CC. The van der Waals surface area contributed by atoms with E-state index in [-0.39, 0.29) is 14.9 Å². The van der Waals surface area contributed by atoms with Gasteiger partial charge in [-0.25, -0.2) is 0 Å². The Morgan fingerprint density at radius 1 is 1.00 bits per heavy atom. The number of allylic oxidation sites excluding steroid dienone is 1. The molecule has 0 radical (unpaired) electrons. The summed E-state index contributed by atoms with van der Waals surface area (Å²) in [6.07, 6.45) is 5.89. The lowest BCUT2D eigenvalue weighted by molar-refractivity contribution is 0.483. The molecule has 2 nitrogen and oxygen atoms in total. The summed E-state index contributed by atoms with van der Waals surface area (Å²) in [7, 11) is 4.05. The van der Waals surface area contributed by atoms with E-state index in [0.29, 0.717) is 0 Å². The Bertz CT molecular complexity index is 130. The summed E-state index contributed by atoms with van der Waals surface area (Å²) in [5.41, 5.74) is 0. The third kappa shape index (κ3) is 24.6. The molecule has 0 aliphatic heterocycles. The quantitative estimate of drug-likeness (QED) is 0.705. The predicted octanol–water partition coefficient (Wildman–Crippen LogP) is 3.83. The van der Waals surface area contributed by atoms with Crippen LogP contribution in [0.1, 0.15) is 35.6 Å². The van der Waals surface area contributed by atoms with Crippen LogP contribution >= 0.6 is 0 Å². The van der Waals surface area contributed by atoms with Gasteiger partial charge in [-0.2, -0.15) is 0 Å². The van der Waals surface area contributed by atoms with Gasteiger partial charge in [-0.15, -0.1) is 0 Å². The molecule has 15 heavy (non-hydrogen) atoms. The molecule has 0 saturated carbocycles. The summed E-state index contributed by atoms with van der Waals surface area (Å²) in [4.78, 5) is 4.14. The topological polar surface area (TPSA) is 6.48 Å². The third-order valence-corrected chi connectivity index (χ3v) is 1.71. The minimum atomic E-state index is 0. The van der Waals surface area contributed by atoms with Crippen molar-refractivity contribution in [3.8, 4) is 0 Å². The Labute approximate surface area is 98.3 Å². The van der Waals surface area contributed by atoms with E-state index in [1.807, 2.05) is 24.9 Å². The van der Waals surface area contributed by atoms with Crippen LogP contribution in [-0.4, -0.2) is 37.0 Å². The second-order valence-corrected chi connectivity index (χ2v) is 2.81. The molecule has 0 aliphatic rings. The summed E-state index contributed by atoms with van der Waals surface area (Å²) in [5.74, 6) is 0. The van der Waals surface area contributed by atoms with Crippen LogP contribution in [0, 0.1) is 0 Å². The highest BCUT2D eigenvalue weighted by Gasteiger charge is 1.76. The van der Waals surface area contributed by atoms with Crippen molar-refractivity contribution < 1.29 is 0 Å². The van der Waals surface area contributed by atoms with Gasteiger partial charge in [0.2, 0.25) is 0 Å². The first-order valence-electron chi connectivity index (χ1n) is 4.78. The molecule has 0 rings (SSSR count). The third-order valence-electron chi connectivity index (χ3n) is 1.71. The van der Waals surface area contributed by atoms with Gasteiger partial charge < -0.3 is 9.80 Å². The molecule has 0 fully saturated rings. The van der Waals surface area contributed by atoms with Crippen molar-refractivity contribution in [2.45, 2.75) is 35.6 Å². The lowest BCUT2D eigenvalue weighted by Crippen LogP contribution is -2.07. The summed E-state index contributed by atoms with van der Waals surface area (Å²) in [5, 5.41) is 0. The van der Waals surface area contributed by atoms with E-state index >= 15 is 0 Å². The zero-order chi connectivity index (χ0) is 10.7. The number of nitrogens with zero attached hydrogens (tertiary/aromatic N) is 2. The van der Waals surface area contributed by atoms with Gasteiger partial charge in [-0.05, 0) is 33.2 Å². The summed E-state index contributed by atoms with van der Waals surface area (Å²) < 4.78 is 0. The summed E-state index contributed by atoms with van der Waals surface area (Å²) in [6.45, 7) is 11.9. The zero-order valence-corrected chi connectivity index (χ0v) is 9.75. The van der Waals surface area contributed by atoms with Gasteiger partial charge in [0.25, 0.3) is 0 Å². The Balaban J connectivity index is -0.0000000718. The monoisotopic (exact) mass is 216 g/mol.